The van der Waals surface area contributed by atoms with Crippen LogP contribution in [0, 0.1) is 22.7 Å². The van der Waals surface area contributed by atoms with Crippen LogP contribution in [-0.2, 0) is 16.2 Å². The molecule has 0 atom stereocenters. The predicted molar refractivity (Wildman–Crippen MR) is 246 cm³/mol. The highest BCUT2D eigenvalue weighted by Crippen LogP contribution is 2.64. The molecule has 12 rings (SSSR count). The summed E-state index contributed by atoms with van der Waals surface area (Å²) in [5.74, 6) is 0. The van der Waals surface area contributed by atoms with E-state index in [4.69, 9.17) is 0 Å². The monoisotopic (exact) mass is 768 g/mol. The highest BCUT2D eigenvalue weighted by atomic mass is 14.5. The maximum atomic E-state index is 9.55. The summed E-state index contributed by atoms with van der Waals surface area (Å²) in [6.07, 6.45) is 6.12. The Morgan fingerprint density at radius 1 is 0.383 bits per heavy atom. The minimum atomic E-state index is -0.208. The highest BCUT2D eigenvalue weighted by Gasteiger charge is 2.49. The first-order valence-electron chi connectivity index (χ1n) is 21.7. The molecule has 0 N–H and O–H groups in total. The summed E-state index contributed by atoms with van der Waals surface area (Å²) in [5.41, 5.74) is 22.7. The van der Waals surface area contributed by atoms with E-state index < -0.39 is 0 Å². The second kappa shape index (κ2) is 12.2. The smallest absolute Gasteiger partial charge is 0.0991 e. The molecule has 1 fully saturated rings. The summed E-state index contributed by atoms with van der Waals surface area (Å²) >= 11 is 0. The maximum Gasteiger partial charge on any atom is 0.0991 e. The van der Waals surface area contributed by atoms with Crippen LogP contribution < -0.4 is 0 Å². The van der Waals surface area contributed by atoms with Crippen LogP contribution in [-0.4, -0.2) is 0 Å². The maximum absolute atomic E-state index is 9.55. The van der Waals surface area contributed by atoms with Crippen molar-refractivity contribution in [1.82, 2.24) is 0 Å². The molecule has 2 nitrogen and oxygen atoms in total. The number of hydrogen-bond acceptors (Lipinski definition) is 2. The summed E-state index contributed by atoms with van der Waals surface area (Å²) in [4.78, 5) is 0. The molecule has 0 unspecified atom stereocenters. The van der Waals surface area contributed by atoms with Crippen molar-refractivity contribution < 1.29 is 0 Å². The van der Waals surface area contributed by atoms with Crippen LogP contribution in [0.15, 0.2) is 133 Å². The molecule has 4 aliphatic rings. The third-order valence-electron chi connectivity index (χ3n) is 15.3. The van der Waals surface area contributed by atoms with E-state index in [0.717, 1.165) is 11.1 Å². The van der Waals surface area contributed by atoms with Crippen molar-refractivity contribution in [3.8, 4) is 67.8 Å². The number of benzene rings is 8. The van der Waals surface area contributed by atoms with E-state index in [1.807, 2.05) is 24.3 Å². The van der Waals surface area contributed by atoms with Crippen molar-refractivity contribution in [2.45, 2.75) is 76.0 Å². The lowest BCUT2D eigenvalue weighted by Gasteiger charge is -2.36. The molecule has 0 radical (unpaired) electrons. The highest BCUT2D eigenvalue weighted by molar-refractivity contribution is 6.11. The quantitative estimate of drug-likeness (QED) is 0.176. The van der Waals surface area contributed by atoms with Crippen LogP contribution in [0.25, 0.3) is 77.2 Å². The van der Waals surface area contributed by atoms with E-state index >= 15 is 0 Å². The van der Waals surface area contributed by atoms with Gasteiger partial charge in [0.25, 0.3) is 0 Å². The number of nitrogens with zero attached hydrogens (tertiary/aromatic N) is 2. The lowest BCUT2D eigenvalue weighted by atomic mass is 9.67. The molecule has 0 heterocycles. The fourth-order valence-corrected chi connectivity index (χ4v) is 12.3. The minimum absolute atomic E-state index is 0.0246. The SMILES string of the molecule is CC1(C)c2cc3c(cc2-c2c1cc(-c1ccc(C#N)cc1)c1ccccc21)C1(CCCCC1)c1cc2c(cc1-3)C(C)(C)c1cc(-c3ccc(C#N)cc3)c3ccccc3c1-2. The molecule has 286 valence electrons. The fraction of sp³-hybridized carbons (Fsp3) is 0.207. The Balaban J connectivity index is 1.08. The average Bonchev–Trinajstić information content (AvgIpc) is 3.77. The molecule has 0 amide bonds. The molecule has 8 aromatic carbocycles. The normalized spacial score (nSPS) is 16.7. The summed E-state index contributed by atoms with van der Waals surface area (Å²) in [5, 5.41) is 24.2. The summed E-state index contributed by atoms with van der Waals surface area (Å²) in [6, 6.07) is 54.1. The Hall–Kier alpha value is -6.74. The largest absolute Gasteiger partial charge is 0.192 e. The number of rotatable bonds is 2. The van der Waals surface area contributed by atoms with Gasteiger partial charge in [0.15, 0.2) is 0 Å². The van der Waals surface area contributed by atoms with Crippen molar-refractivity contribution in [2.75, 3.05) is 0 Å². The summed E-state index contributed by atoms with van der Waals surface area (Å²) in [6.45, 7) is 9.69. The van der Waals surface area contributed by atoms with Gasteiger partial charge in [0.2, 0.25) is 0 Å². The molecular weight excluding hydrogens is 725 g/mol. The van der Waals surface area contributed by atoms with Gasteiger partial charge in [-0.15, -0.1) is 0 Å². The second-order valence-corrected chi connectivity index (χ2v) is 18.9. The Labute approximate surface area is 352 Å². The average molecular weight is 769 g/mol. The number of fused-ring (bicyclic) bond motifs is 15. The summed E-state index contributed by atoms with van der Waals surface area (Å²) < 4.78 is 0. The molecule has 1 spiro atoms. The van der Waals surface area contributed by atoms with Crippen molar-refractivity contribution in [3.05, 3.63) is 178 Å². The van der Waals surface area contributed by atoms with E-state index in [-0.39, 0.29) is 16.2 Å². The van der Waals surface area contributed by atoms with Gasteiger partial charge in [-0.3, -0.25) is 0 Å². The Morgan fingerprint density at radius 3 is 1.15 bits per heavy atom. The number of nitriles is 2. The van der Waals surface area contributed by atoms with E-state index in [0.29, 0.717) is 11.1 Å². The predicted octanol–water partition coefficient (Wildman–Crippen LogP) is 14.9. The van der Waals surface area contributed by atoms with Gasteiger partial charge < -0.3 is 0 Å². The van der Waals surface area contributed by atoms with Crippen LogP contribution in [0.3, 0.4) is 0 Å². The second-order valence-electron chi connectivity index (χ2n) is 18.9. The van der Waals surface area contributed by atoms with Crippen LogP contribution in [0.4, 0.5) is 0 Å². The molecular formula is C58H44N2. The van der Waals surface area contributed by atoms with Crippen molar-refractivity contribution in [1.29, 1.82) is 10.5 Å². The van der Waals surface area contributed by atoms with Crippen LogP contribution in [0.1, 0.15) is 104 Å². The third-order valence-corrected chi connectivity index (χ3v) is 15.3. The molecule has 0 aliphatic heterocycles. The van der Waals surface area contributed by atoms with Gasteiger partial charge in [0.05, 0.1) is 23.3 Å². The van der Waals surface area contributed by atoms with Crippen LogP contribution >= 0.6 is 0 Å². The molecule has 0 bridgehead atoms. The van der Waals surface area contributed by atoms with E-state index in [9.17, 15) is 10.5 Å². The molecule has 60 heavy (non-hydrogen) atoms. The lowest BCUT2D eigenvalue weighted by molar-refractivity contribution is 0.353. The number of hydrogen-bond donors (Lipinski definition) is 0. The van der Waals surface area contributed by atoms with Crippen LogP contribution in [0.2, 0.25) is 0 Å². The van der Waals surface area contributed by atoms with Gasteiger partial charge in [-0.1, -0.05) is 120 Å². The molecule has 4 aliphatic carbocycles. The molecule has 0 saturated heterocycles. The fourth-order valence-electron chi connectivity index (χ4n) is 12.3. The van der Waals surface area contributed by atoms with Gasteiger partial charge in [-0.25, -0.2) is 0 Å². The van der Waals surface area contributed by atoms with Gasteiger partial charge in [-0.2, -0.15) is 10.5 Å². The van der Waals surface area contributed by atoms with Crippen LogP contribution in [0.5, 0.6) is 0 Å². The first kappa shape index (κ1) is 35.2. The topological polar surface area (TPSA) is 47.6 Å². The van der Waals surface area contributed by atoms with E-state index in [2.05, 4.69) is 149 Å². The Morgan fingerprint density at radius 2 is 0.750 bits per heavy atom. The Kier molecular flexibility index (Phi) is 7.14. The zero-order valence-corrected chi connectivity index (χ0v) is 34.6. The van der Waals surface area contributed by atoms with Crippen molar-refractivity contribution in [2.24, 2.45) is 0 Å². The van der Waals surface area contributed by atoms with Gasteiger partial charge in [0.1, 0.15) is 0 Å². The molecule has 0 aromatic heterocycles. The van der Waals surface area contributed by atoms with E-state index in [1.165, 1.54) is 132 Å². The van der Waals surface area contributed by atoms with Gasteiger partial charge >= 0.3 is 0 Å². The van der Waals surface area contributed by atoms with Crippen molar-refractivity contribution >= 4 is 21.5 Å². The third kappa shape index (κ3) is 4.52. The first-order chi connectivity index (χ1) is 29.1. The Bertz CT molecular complexity index is 3070. The van der Waals surface area contributed by atoms with Gasteiger partial charge in [0, 0.05) is 16.2 Å². The van der Waals surface area contributed by atoms with E-state index in [1.54, 1.807) is 0 Å². The zero-order valence-electron chi connectivity index (χ0n) is 34.6. The first-order valence-corrected chi connectivity index (χ1v) is 21.7. The molecule has 8 aromatic rings. The van der Waals surface area contributed by atoms with Crippen molar-refractivity contribution in [3.63, 3.8) is 0 Å². The molecule has 2 heteroatoms. The minimum Gasteiger partial charge on any atom is -0.192 e. The zero-order chi connectivity index (χ0) is 40.7. The molecule has 1 saturated carbocycles. The summed E-state index contributed by atoms with van der Waals surface area (Å²) in [7, 11) is 0. The van der Waals surface area contributed by atoms with Gasteiger partial charge in [-0.05, 0) is 184 Å². The lowest BCUT2D eigenvalue weighted by Crippen LogP contribution is -2.28. The standard InChI is InChI=1S/C58H44N2/c1-56(2)48-28-44-45-29-49-47(55-41-15-9-7-13-39(41)43(27-53(55)57(49,3)4)37-22-18-35(33-60)19-23-37)31-51(45)58(24-10-5-11-25-58)50(44)30-46(48)54-40-14-8-6-12-38(40)42(26-52(54)56)36-20-16-34(32-59)17-21-36/h6-9,12-23,26-31H,5,10-11,24-25H2,1-4H3.